The minimum absolute atomic E-state index is 0.158. The van der Waals surface area contributed by atoms with Crippen LogP contribution in [0.3, 0.4) is 0 Å². The van der Waals surface area contributed by atoms with Crippen LogP contribution in [0.5, 0.6) is 11.5 Å². The van der Waals surface area contributed by atoms with Crippen LogP contribution in [0.2, 0.25) is 0 Å². The average molecular weight is 547 g/mol. The van der Waals surface area contributed by atoms with Gasteiger partial charge in [-0.2, -0.15) is 0 Å². The van der Waals surface area contributed by atoms with Crippen molar-refractivity contribution in [3.8, 4) is 11.5 Å². The highest BCUT2D eigenvalue weighted by Gasteiger charge is 2.20. The van der Waals surface area contributed by atoms with Gasteiger partial charge in [-0.25, -0.2) is 9.59 Å². The normalized spacial score (nSPS) is 17.2. The molecule has 0 aliphatic heterocycles. The largest absolute Gasteiger partial charge is 0.481 e. The molecule has 0 amide bonds. The number of hydrogen-bond donors (Lipinski definition) is 0. The zero-order chi connectivity index (χ0) is 27.6. The first kappa shape index (κ1) is 28.3. The van der Waals surface area contributed by atoms with E-state index in [0.717, 1.165) is 47.2 Å². The predicted octanol–water partition coefficient (Wildman–Crippen LogP) is 7.78. The van der Waals surface area contributed by atoms with E-state index < -0.39 is 0 Å². The summed E-state index contributed by atoms with van der Waals surface area (Å²) in [5.41, 5.74) is 0. The Kier molecular flexibility index (Phi) is 10.2. The zero-order valence-electron chi connectivity index (χ0n) is 23.5. The molecule has 0 unspecified atom stereocenters. The first-order valence-electron chi connectivity index (χ1n) is 15.2. The van der Waals surface area contributed by atoms with Crippen LogP contribution < -0.4 is 9.47 Å². The van der Waals surface area contributed by atoms with E-state index in [4.69, 9.17) is 18.9 Å². The molecule has 0 heterocycles. The molecule has 40 heavy (non-hydrogen) atoms. The van der Waals surface area contributed by atoms with E-state index in [1.54, 1.807) is 0 Å². The third-order valence-electron chi connectivity index (χ3n) is 8.41. The van der Waals surface area contributed by atoms with Gasteiger partial charge in [0.05, 0.1) is 13.2 Å². The molecule has 214 valence electrons. The zero-order valence-corrected chi connectivity index (χ0v) is 23.5. The van der Waals surface area contributed by atoms with Crippen molar-refractivity contribution in [3.63, 3.8) is 0 Å². The summed E-state index contributed by atoms with van der Waals surface area (Å²) in [7, 11) is 0. The Morgan fingerprint density at radius 1 is 0.525 bits per heavy atom. The number of fused-ring (bicyclic) bond motifs is 2. The van der Waals surface area contributed by atoms with Crippen LogP contribution in [0.25, 0.3) is 21.5 Å². The molecule has 3 aromatic carbocycles. The van der Waals surface area contributed by atoms with Crippen molar-refractivity contribution in [2.75, 3.05) is 26.4 Å². The summed E-state index contributed by atoms with van der Waals surface area (Å²) in [6, 6.07) is 15.5. The number of carbonyl (C=O) groups excluding carboxylic acids is 2. The molecule has 2 saturated carbocycles. The van der Waals surface area contributed by atoms with E-state index in [-0.39, 0.29) is 25.2 Å². The SMILES string of the molecule is O=C(COc1c2ccccc2c(OCC(=O)OCC2CCCCCC2)c2ccccc12)OCC1CCCCCC1. The number of esters is 2. The molecule has 2 aliphatic carbocycles. The van der Waals surface area contributed by atoms with E-state index in [1.807, 2.05) is 48.5 Å². The van der Waals surface area contributed by atoms with Gasteiger partial charge in [0.2, 0.25) is 0 Å². The minimum Gasteiger partial charge on any atom is -0.481 e. The summed E-state index contributed by atoms with van der Waals surface area (Å²) in [6.07, 6.45) is 14.4. The fourth-order valence-corrected chi connectivity index (χ4v) is 6.19. The second-order valence-corrected chi connectivity index (χ2v) is 11.4. The number of benzene rings is 3. The Balaban J connectivity index is 1.27. The monoisotopic (exact) mass is 546 g/mol. The molecule has 0 aromatic heterocycles. The fourth-order valence-electron chi connectivity index (χ4n) is 6.19. The maximum atomic E-state index is 12.6. The van der Waals surface area contributed by atoms with Gasteiger partial charge in [0, 0.05) is 21.5 Å². The Morgan fingerprint density at radius 2 is 0.850 bits per heavy atom. The highest BCUT2D eigenvalue weighted by atomic mass is 16.6. The molecule has 0 saturated heterocycles. The van der Waals surface area contributed by atoms with Crippen LogP contribution >= 0.6 is 0 Å². The summed E-state index contributed by atoms with van der Waals surface area (Å²) >= 11 is 0. The molecule has 5 rings (SSSR count). The Bertz CT molecular complexity index is 1110. The summed E-state index contributed by atoms with van der Waals surface area (Å²) in [5, 5.41) is 3.28. The van der Waals surface area contributed by atoms with Crippen molar-refractivity contribution in [3.05, 3.63) is 48.5 Å². The number of ether oxygens (including phenoxy) is 4. The molecule has 0 radical (unpaired) electrons. The van der Waals surface area contributed by atoms with Crippen LogP contribution in [0.1, 0.15) is 77.0 Å². The lowest BCUT2D eigenvalue weighted by Gasteiger charge is -2.18. The molecular weight excluding hydrogens is 504 g/mol. The van der Waals surface area contributed by atoms with Crippen molar-refractivity contribution in [1.82, 2.24) is 0 Å². The molecular formula is C34H42O6. The number of carbonyl (C=O) groups is 2. The molecule has 2 aliphatic rings. The smallest absolute Gasteiger partial charge is 0.344 e. The van der Waals surface area contributed by atoms with Gasteiger partial charge in [-0.3, -0.25) is 0 Å². The molecule has 6 nitrogen and oxygen atoms in total. The van der Waals surface area contributed by atoms with Crippen LogP contribution in [0.15, 0.2) is 48.5 Å². The minimum atomic E-state index is -0.353. The predicted molar refractivity (Wildman–Crippen MR) is 157 cm³/mol. The van der Waals surface area contributed by atoms with Gasteiger partial charge in [-0.05, 0) is 37.5 Å². The van der Waals surface area contributed by atoms with Gasteiger partial charge < -0.3 is 18.9 Å². The van der Waals surface area contributed by atoms with Crippen molar-refractivity contribution >= 4 is 33.5 Å². The molecule has 0 N–H and O–H groups in total. The lowest BCUT2D eigenvalue weighted by Crippen LogP contribution is -2.20. The number of rotatable bonds is 10. The van der Waals surface area contributed by atoms with Crippen LogP contribution in [-0.2, 0) is 19.1 Å². The van der Waals surface area contributed by atoms with Gasteiger partial charge in [-0.1, -0.05) is 99.9 Å². The van der Waals surface area contributed by atoms with E-state index in [9.17, 15) is 9.59 Å². The van der Waals surface area contributed by atoms with Crippen LogP contribution in [-0.4, -0.2) is 38.4 Å². The highest BCUT2D eigenvalue weighted by molar-refractivity contribution is 6.11. The maximum absolute atomic E-state index is 12.6. The summed E-state index contributed by atoms with van der Waals surface area (Å²) in [5.74, 6) is 1.41. The lowest BCUT2D eigenvalue weighted by atomic mass is 10.0. The molecule has 0 bridgehead atoms. The molecule has 2 fully saturated rings. The molecule has 3 aromatic rings. The van der Waals surface area contributed by atoms with E-state index in [1.165, 1.54) is 51.4 Å². The van der Waals surface area contributed by atoms with Gasteiger partial charge >= 0.3 is 11.9 Å². The molecule has 6 heteroatoms. The first-order chi connectivity index (χ1) is 19.7. The fraction of sp³-hybridized carbons (Fsp3) is 0.529. The Labute approximate surface area is 237 Å². The third-order valence-corrected chi connectivity index (χ3v) is 8.41. The topological polar surface area (TPSA) is 71.1 Å². The Morgan fingerprint density at radius 3 is 1.18 bits per heavy atom. The van der Waals surface area contributed by atoms with E-state index in [2.05, 4.69) is 0 Å². The van der Waals surface area contributed by atoms with Crippen molar-refractivity contribution in [1.29, 1.82) is 0 Å². The molecule has 0 spiro atoms. The highest BCUT2D eigenvalue weighted by Crippen LogP contribution is 2.42. The van der Waals surface area contributed by atoms with E-state index >= 15 is 0 Å². The Hall–Kier alpha value is -3.28. The van der Waals surface area contributed by atoms with Crippen LogP contribution in [0.4, 0.5) is 0 Å². The first-order valence-corrected chi connectivity index (χ1v) is 15.2. The second-order valence-electron chi connectivity index (χ2n) is 11.4. The van der Waals surface area contributed by atoms with Gasteiger partial charge in [0.15, 0.2) is 13.2 Å². The van der Waals surface area contributed by atoms with Crippen molar-refractivity contribution in [2.45, 2.75) is 77.0 Å². The standard InChI is InChI=1S/C34H42O6/c35-31(37-21-25-13-5-1-2-6-14-25)23-39-33-27-17-9-11-19-29(27)34(30-20-12-10-18-28(30)33)40-24-32(36)38-22-26-15-7-3-4-8-16-26/h9-12,17-20,25-26H,1-8,13-16,21-24H2. The summed E-state index contributed by atoms with van der Waals surface area (Å²) in [6.45, 7) is 0.615. The molecule has 0 atom stereocenters. The van der Waals surface area contributed by atoms with Crippen LogP contribution in [0, 0.1) is 11.8 Å². The van der Waals surface area contributed by atoms with E-state index in [0.29, 0.717) is 36.5 Å². The van der Waals surface area contributed by atoms with Gasteiger partial charge in [0.25, 0.3) is 0 Å². The summed E-state index contributed by atoms with van der Waals surface area (Å²) in [4.78, 5) is 25.3. The van der Waals surface area contributed by atoms with Gasteiger partial charge in [-0.15, -0.1) is 0 Å². The lowest BCUT2D eigenvalue weighted by molar-refractivity contribution is -0.148. The second kappa shape index (κ2) is 14.4. The van der Waals surface area contributed by atoms with Gasteiger partial charge in [0.1, 0.15) is 11.5 Å². The van der Waals surface area contributed by atoms with Crippen molar-refractivity contribution in [2.24, 2.45) is 11.8 Å². The third kappa shape index (κ3) is 7.47. The van der Waals surface area contributed by atoms with Crippen molar-refractivity contribution < 1.29 is 28.5 Å². The number of hydrogen-bond acceptors (Lipinski definition) is 6. The maximum Gasteiger partial charge on any atom is 0.344 e. The average Bonchev–Trinajstić information content (AvgIpc) is 3.42. The summed E-state index contributed by atoms with van der Waals surface area (Å²) < 4.78 is 23.5. The quantitative estimate of drug-likeness (QED) is 0.147.